The van der Waals surface area contributed by atoms with Crippen LogP contribution >= 0.6 is 23.4 Å². The van der Waals surface area contributed by atoms with Gasteiger partial charge in [0.05, 0.1) is 0 Å². The van der Waals surface area contributed by atoms with Crippen LogP contribution in [-0.2, 0) is 6.61 Å². The second kappa shape index (κ2) is 7.88. The van der Waals surface area contributed by atoms with Gasteiger partial charge in [0.15, 0.2) is 6.61 Å². The molecule has 2 aromatic rings. The Hall–Kier alpha value is -1.20. The van der Waals surface area contributed by atoms with Gasteiger partial charge >= 0.3 is 0 Å². The van der Waals surface area contributed by atoms with Crippen molar-refractivity contribution in [1.29, 1.82) is 0 Å². The summed E-state index contributed by atoms with van der Waals surface area (Å²) in [6.07, 6.45) is 6.75. The molecule has 1 saturated carbocycles. The molecule has 1 heterocycles. The molecule has 0 atom stereocenters. The second-order valence-electron chi connectivity index (χ2n) is 5.52. The fraction of sp³-hybridized carbons (Fsp3) is 0.500. The second-order valence-corrected chi connectivity index (χ2v) is 6.93. The molecule has 0 bridgehead atoms. The van der Waals surface area contributed by atoms with Crippen LogP contribution in [0.2, 0.25) is 5.02 Å². The van der Waals surface area contributed by atoms with E-state index in [-0.39, 0.29) is 6.61 Å². The molecule has 6 heteroatoms. The van der Waals surface area contributed by atoms with Gasteiger partial charge < -0.3 is 9.15 Å². The maximum Gasteiger partial charge on any atom is 0.276 e. The van der Waals surface area contributed by atoms with Crippen LogP contribution in [0, 0.1) is 5.92 Å². The van der Waals surface area contributed by atoms with Crippen LogP contribution < -0.4 is 4.74 Å². The van der Waals surface area contributed by atoms with E-state index in [2.05, 4.69) is 10.2 Å². The van der Waals surface area contributed by atoms with Gasteiger partial charge in [0.2, 0.25) is 0 Å². The van der Waals surface area contributed by atoms with Gasteiger partial charge in [0.25, 0.3) is 11.1 Å². The quantitative estimate of drug-likeness (QED) is 0.695. The van der Waals surface area contributed by atoms with E-state index in [0.717, 1.165) is 17.4 Å². The van der Waals surface area contributed by atoms with E-state index in [1.54, 1.807) is 23.9 Å². The molecule has 0 amide bonds. The molecule has 22 heavy (non-hydrogen) atoms. The van der Waals surface area contributed by atoms with Gasteiger partial charge in [-0.05, 0) is 43.0 Å². The number of halogens is 1. The monoisotopic (exact) mass is 338 g/mol. The molecule has 118 valence electrons. The SMILES string of the molecule is Clc1ccc(OCc2nnc(SCC3CCCCC3)o2)cc1. The van der Waals surface area contributed by atoms with Gasteiger partial charge in [0, 0.05) is 10.8 Å². The Morgan fingerprint density at radius 2 is 1.91 bits per heavy atom. The number of nitrogens with zero attached hydrogens (tertiary/aromatic N) is 2. The Morgan fingerprint density at radius 3 is 2.68 bits per heavy atom. The van der Waals surface area contributed by atoms with E-state index in [0.29, 0.717) is 16.1 Å². The summed E-state index contributed by atoms with van der Waals surface area (Å²) in [5.74, 6) is 3.10. The Morgan fingerprint density at radius 1 is 1.14 bits per heavy atom. The zero-order chi connectivity index (χ0) is 15.2. The van der Waals surface area contributed by atoms with Crippen LogP contribution in [0.1, 0.15) is 38.0 Å². The Bertz CT molecular complexity index is 582. The first kappa shape index (κ1) is 15.7. The molecule has 0 radical (unpaired) electrons. The number of thioether (sulfide) groups is 1. The number of rotatable bonds is 6. The zero-order valence-corrected chi connectivity index (χ0v) is 13.9. The molecule has 0 unspecified atom stereocenters. The van der Waals surface area contributed by atoms with Crippen LogP contribution in [-0.4, -0.2) is 16.0 Å². The molecule has 0 aliphatic heterocycles. The normalized spacial score (nSPS) is 15.9. The summed E-state index contributed by atoms with van der Waals surface area (Å²) >= 11 is 7.49. The largest absolute Gasteiger partial charge is 0.484 e. The van der Waals surface area contributed by atoms with E-state index in [4.69, 9.17) is 20.8 Å². The molecule has 1 aromatic carbocycles. The summed E-state index contributed by atoms with van der Waals surface area (Å²) in [4.78, 5) is 0. The van der Waals surface area contributed by atoms with Crippen LogP contribution in [0.5, 0.6) is 5.75 Å². The van der Waals surface area contributed by atoms with Crippen molar-refractivity contribution in [3.63, 3.8) is 0 Å². The maximum atomic E-state index is 5.83. The molecule has 1 aromatic heterocycles. The van der Waals surface area contributed by atoms with Crippen molar-refractivity contribution < 1.29 is 9.15 Å². The predicted octanol–water partition coefficient (Wildman–Crippen LogP) is 4.97. The molecule has 1 aliphatic carbocycles. The van der Waals surface area contributed by atoms with Crippen LogP contribution in [0.15, 0.2) is 33.9 Å². The summed E-state index contributed by atoms with van der Waals surface area (Å²) in [6, 6.07) is 7.21. The Balaban J connectivity index is 1.45. The first-order chi connectivity index (χ1) is 10.8. The fourth-order valence-corrected chi connectivity index (χ4v) is 3.66. The highest BCUT2D eigenvalue weighted by molar-refractivity contribution is 7.99. The lowest BCUT2D eigenvalue weighted by Gasteiger charge is -2.19. The summed E-state index contributed by atoms with van der Waals surface area (Å²) in [6.45, 7) is 0.276. The fourth-order valence-electron chi connectivity index (χ4n) is 2.57. The topological polar surface area (TPSA) is 48.2 Å². The number of hydrogen-bond acceptors (Lipinski definition) is 5. The summed E-state index contributed by atoms with van der Waals surface area (Å²) < 4.78 is 11.2. The van der Waals surface area contributed by atoms with Crippen molar-refractivity contribution >= 4 is 23.4 Å². The summed E-state index contributed by atoms with van der Waals surface area (Å²) in [7, 11) is 0. The van der Waals surface area contributed by atoms with E-state index >= 15 is 0 Å². The number of ether oxygens (including phenoxy) is 1. The van der Waals surface area contributed by atoms with Crippen LogP contribution in [0.4, 0.5) is 0 Å². The first-order valence-electron chi connectivity index (χ1n) is 7.63. The van der Waals surface area contributed by atoms with Gasteiger partial charge in [-0.3, -0.25) is 0 Å². The van der Waals surface area contributed by atoms with Crippen LogP contribution in [0.3, 0.4) is 0 Å². The van der Waals surface area contributed by atoms with Gasteiger partial charge in [0.1, 0.15) is 5.75 Å². The van der Waals surface area contributed by atoms with Crippen molar-refractivity contribution in [3.8, 4) is 5.75 Å². The number of benzene rings is 1. The minimum Gasteiger partial charge on any atom is -0.484 e. The van der Waals surface area contributed by atoms with E-state index < -0.39 is 0 Å². The lowest BCUT2D eigenvalue weighted by molar-refractivity contribution is 0.252. The van der Waals surface area contributed by atoms with Gasteiger partial charge in [-0.2, -0.15) is 0 Å². The third kappa shape index (κ3) is 4.65. The maximum absolute atomic E-state index is 5.83. The summed E-state index contributed by atoms with van der Waals surface area (Å²) in [5, 5.41) is 9.42. The molecule has 1 fully saturated rings. The average molecular weight is 339 g/mol. The molecule has 4 nitrogen and oxygen atoms in total. The highest BCUT2D eigenvalue weighted by atomic mass is 35.5. The Labute approximate surface area is 139 Å². The molecule has 0 spiro atoms. The lowest BCUT2D eigenvalue weighted by atomic mass is 9.91. The van der Waals surface area contributed by atoms with Crippen molar-refractivity contribution in [2.45, 2.75) is 43.9 Å². The highest BCUT2D eigenvalue weighted by Crippen LogP contribution is 2.29. The molecule has 0 saturated heterocycles. The third-order valence-electron chi connectivity index (χ3n) is 3.79. The lowest BCUT2D eigenvalue weighted by Crippen LogP contribution is -2.08. The van der Waals surface area contributed by atoms with Crippen LogP contribution in [0.25, 0.3) is 0 Å². The average Bonchev–Trinajstić information content (AvgIpc) is 3.01. The van der Waals surface area contributed by atoms with Gasteiger partial charge in [-0.1, -0.05) is 42.6 Å². The minimum atomic E-state index is 0.276. The third-order valence-corrected chi connectivity index (χ3v) is 5.09. The molecule has 0 N–H and O–H groups in total. The standard InChI is InChI=1S/C16H19ClN2O2S/c17-13-6-8-14(9-7-13)20-10-15-18-19-16(21-15)22-11-12-4-2-1-3-5-12/h6-9,12H,1-5,10-11H2. The van der Waals surface area contributed by atoms with Gasteiger partial charge in [-0.15, -0.1) is 10.2 Å². The summed E-state index contributed by atoms with van der Waals surface area (Å²) in [5.41, 5.74) is 0. The smallest absolute Gasteiger partial charge is 0.276 e. The Kier molecular flexibility index (Phi) is 5.62. The van der Waals surface area contributed by atoms with Crippen molar-refractivity contribution in [2.75, 3.05) is 5.75 Å². The zero-order valence-electron chi connectivity index (χ0n) is 12.3. The van der Waals surface area contributed by atoms with Crippen molar-refractivity contribution in [3.05, 3.63) is 35.2 Å². The number of aromatic nitrogens is 2. The minimum absolute atomic E-state index is 0.276. The predicted molar refractivity (Wildman–Crippen MR) is 87.4 cm³/mol. The molecule has 1 aliphatic rings. The molecule has 3 rings (SSSR count). The first-order valence-corrected chi connectivity index (χ1v) is 8.99. The van der Waals surface area contributed by atoms with E-state index in [1.807, 2.05) is 12.1 Å². The number of hydrogen-bond donors (Lipinski definition) is 0. The van der Waals surface area contributed by atoms with Crippen molar-refractivity contribution in [1.82, 2.24) is 10.2 Å². The highest BCUT2D eigenvalue weighted by Gasteiger charge is 2.15. The van der Waals surface area contributed by atoms with Crippen molar-refractivity contribution in [2.24, 2.45) is 5.92 Å². The van der Waals surface area contributed by atoms with E-state index in [9.17, 15) is 0 Å². The molecular weight excluding hydrogens is 320 g/mol. The van der Waals surface area contributed by atoms with E-state index in [1.165, 1.54) is 32.1 Å². The molecular formula is C16H19ClN2O2S. The van der Waals surface area contributed by atoms with Gasteiger partial charge in [-0.25, -0.2) is 0 Å².